The summed E-state index contributed by atoms with van der Waals surface area (Å²) in [7, 11) is 0. The van der Waals surface area contributed by atoms with Gasteiger partial charge < -0.3 is 21.3 Å². The highest BCUT2D eigenvalue weighted by Gasteiger charge is 2.20. The van der Waals surface area contributed by atoms with Gasteiger partial charge in [0.25, 0.3) is 5.91 Å². The largest absolute Gasteiger partial charge is 0.346 e. The Kier molecular flexibility index (Phi) is 5.29. The van der Waals surface area contributed by atoms with Crippen molar-refractivity contribution < 1.29 is 9.59 Å². The number of hydrogen-bond acceptors (Lipinski definition) is 5. The van der Waals surface area contributed by atoms with E-state index in [0.29, 0.717) is 21.3 Å². The van der Waals surface area contributed by atoms with Crippen molar-refractivity contribution in [1.82, 2.24) is 20.4 Å². The fraction of sp³-hybridized carbons (Fsp3) is 0.167. The van der Waals surface area contributed by atoms with Crippen molar-refractivity contribution in [3.05, 3.63) is 58.7 Å². The summed E-state index contributed by atoms with van der Waals surface area (Å²) in [6, 6.07) is 10.3. The van der Waals surface area contributed by atoms with Crippen molar-refractivity contribution in [1.29, 1.82) is 0 Å². The zero-order valence-corrected chi connectivity index (χ0v) is 16.2. The average molecular weight is 417 g/mol. The number of benzene rings is 1. The lowest BCUT2D eigenvalue weighted by molar-refractivity contribution is 0.0928. The molecule has 1 fully saturated rings. The Balaban J connectivity index is 1.38. The second-order valence-electron chi connectivity index (χ2n) is 6.20. The Morgan fingerprint density at radius 1 is 1.18 bits per heavy atom. The minimum absolute atomic E-state index is 0.0904. The first-order chi connectivity index (χ1) is 13.6. The maximum Gasteiger partial charge on any atom is 0.323 e. The first-order valence-corrected chi connectivity index (χ1v) is 9.77. The minimum Gasteiger partial charge on any atom is -0.346 e. The zero-order valence-electron chi connectivity index (χ0n) is 14.6. The number of halogens is 1. The molecule has 3 aromatic rings. The molecular weight excluding hydrogens is 400 g/mol. The lowest BCUT2D eigenvalue weighted by Crippen LogP contribution is -2.56. The van der Waals surface area contributed by atoms with Crippen molar-refractivity contribution >= 4 is 46.3 Å². The number of hydrogen-bond donors (Lipinski definition) is 4. The van der Waals surface area contributed by atoms with Crippen LogP contribution >= 0.6 is 22.9 Å². The maximum atomic E-state index is 12.2. The third-order valence-corrected chi connectivity index (χ3v) is 5.52. The highest BCUT2D eigenvalue weighted by atomic mass is 35.5. The van der Waals surface area contributed by atoms with Gasteiger partial charge >= 0.3 is 6.03 Å². The second-order valence-corrected chi connectivity index (χ2v) is 7.67. The van der Waals surface area contributed by atoms with Crippen LogP contribution in [0.4, 0.5) is 16.2 Å². The molecule has 4 N–H and O–H groups in total. The van der Waals surface area contributed by atoms with Gasteiger partial charge in [-0.15, -0.1) is 11.3 Å². The number of anilines is 2. The van der Waals surface area contributed by atoms with E-state index in [9.17, 15) is 9.59 Å². The molecule has 1 aliphatic heterocycles. The second kappa shape index (κ2) is 8.01. The summed E-state index contributed by atoms with van der Waals surface area (Å²) in [4.78, 5) is 25.0. The van der Waals surface area contributed by atoms with Crippen LogP contribution in [0.15, 0.2) is 48.8 Å². The molecule has 8 nitrogen and oxygen atoms in total. The summed E-state index contributed by atoms with van der Waals surface area (Å²) in [6.07, 6.45) is 3.21. The molecule has 1 saturated heterocycles. The Hall–Kier alpha value is -2.88. The van der Waals surface area contributed by atoms with E-state index in [1.807, 2.05) is 6.07 Å². The van der Waals surface area contributed by atoms with Gasteiger partial charge in [0.2, 0.25) is 0 Å². The molecule has 10 heteroatoms. The van der Waals surface area contributed by atoms with E-state index in [2.05, 4.69) is 26.4 Å². The van der Waals surface area contributed by atoms with E-state index in [-0.39, 0.29) is 11.9 Å². The molecule has 4 rings (SSSR count). The zero-order chi connectivity index (χ0) is 19.5. The number of urea groups is 1. The number of para-hydroxylation sites is 1. The van der Waals surface area contributed by atoms with Crippen molar-refractivity contribution in [2.24, 2.45) is 0 Å². The minimum atomic E-state index is -0.423. The van der Waals surface area contributed by atoms with Crippen LogP contribution in [0.25, 0.3) is 5.00 Å². The first kappa shape index (κ1) is 18.5. The highest BCUT2D eigenvalue weighted by molar-refractivity contribution is 7.16. The normalized spacial score (nSPS) is 13.6. The van der Waals surface area contributed by atoms with Gasteiger partial charge in [-0.1, -0.05) is 23.7 Å². The summed E-state index contributed by atoms with van der Waals surface area (Å²) in [6.45, 7) is 1.60. The van der Waals surface area contributed by atoms with E-state index in [1.54, 1.807) is 41.2 Å². The van der Waals surface area contributed by atoms with Gasteiger partial charge in [-0.25, -0.2) is 9.48 Å². The quantitative estimate of drug-likeness (QED) is 0.513. The molecule has 0 spiro atoms. The standard InChI is InChI=1S/C18H17ClN6O2S/c19-13-3-1-2-4-14(13)24-18(27)23-12-9-21-25(10-12)16-6-5-15(28-16)17(26)22-11-7-20-8-11/h1-6,9-11,20H,7-8H2,(H,22,26)(H2,23,24,27). The first-order valence-electron chi connectivity index (χ1n) is 8.57. The molecular formula is C18H17ClN6O2S. The van der Waals surface area contributed by atoms with Gasteiger partial charge in [0.05, 0.1) is 39.7 Å². The third-order valence-electron chi connectivity index (χ3n) is 4.12. The van der Waals surface area contributed by atoms with Gasteiger partial charge in [-0.05, 0) is 24.3 Å². The summed E-state index contributed by atoms with van der Waals surface area (Å²) in [5, 5.41) is 16.9. The summed E-state index contributed by atoms with van der Waals surface area (Å²) >= 11 is 7.36. The van der Waals surface area contributed by atoms with Crippen LogP contribution < -0.4 is 21.3 Å². The van der Waals surface area contributed by atoms with Crippen LogP contribution in [0, 0.1) is 0 Å². The Morgan fingerprint density at radius 3 is 2.75 bits per heavy atom. The topological polar surface area (TPSA) is 100 Å². The number of carbonyl (C=O) groups is 2. The number of amides is 3. The molecule has 0 aliphatic carbocycles. The lowest BCUT2D eigenvalue weighted by atomic mass is 10.2. The number of aromatic nitrogens is 2. The van der Waals surface area contributed by atoms with E-state index in [1.165, 1.54) is 17.5 Å². The van der Waals surface area contributed by atoms with E-state index in [4.69, 9.17) is 11.6 Å². The predicted molar refractivity (Wildman–Crippen MR) is 110 cm³/mol. The fourth-order valence-corrected chi connectivity index (χ4v) is 3.60. The van der Waals surface area contributed by atoms with Crippen LogP contribution in [-0.2, 0) is 0 Å². The van der Waals surface area contributed by atoms with Gasteiger partial charge in [0.15, 0.2) is 0 Å². The van der Waals surface area contributed by atoms with Crippen molar-refractivity contribution in [2.45, 2.75) is 6.04 Å². The smallest absolute Gasteiger partial charge is 0.323 e. The van der Waals surface area contributed by atoms with Gasteiger partial charge in [0.1, 0.15) is 5.00 Å². The van der Waals surface area contributed by atoms with Crippen molar-refractivity contribution in [2.75, 3.05) is 23.7 Å². The van der Waals surface area contributed by atoms with E-state index in [0.717, 1.165) is 18.1 Å². The van der Waals surface area contributed by atoms with Gasteiger partial charge in [0, 0.05) is 13.1 Å². The molecule has 3 amide bonds. The number of nitrogens with zero attached hydrogens (tertiary/aromatic N) is 2. The Morgan fingerprint density at radius 2 is 2.00 bits per heavy atom. The number of carbonyl (C=O) groups excluding carboxylic acids is 2. The van der Waals surface area contributed by atoms with Crippen molar-refractivity contribution in [3.63, 3.8) is 0 Å². The Labute approximate surface area is 169 Å². The summed E-state index contributed by atoms with van der Waals surface area (Å²) in [5.41, 5.74) is 1.04. The predicted octanol–water partition coefficient (Wildman–Crippen LogP) is 2.93. The molecule has 0 bridgehead atoms. The average Bonchev–Trinajstić information content (AvgIpc) is 3.29. The van der Waals surface area contributed by atoms with Gasteiger partial charge in [-0.3, -0.25) is 4.79 Å². The molecule has 0 atom stereocenters. The molecule has 28 heavy (non-hydrogen) atoms. The molecule has 144 valence electrons. The SMILES string of the molecule is O=C(Nc1cnn(-c2ccc(C(=O)NC3CNC3)s2)c1)Nc1ccccc1Cl. The van der Waals surface area contributed by atoms with E-state index < -0.39 is 6.03 Å². The highest BCUT2D eigenvalue weighted by Crippen LogP contribution is 2.23. The maximum absolute atomic E-state index is 12.2. The molecule has 0 radical (unpaired) electrons. The molecule has 3 heterocycles. The van der Waals surface area contributed by atoms with Crippen molar-refractivity contribution in [3.8, 4) is 5.00 Å². The van der Waals surface area contributed by atoms with Crippen LogP contribution in [0.2, 0.25) is 5.02 Å². The van der Waals surface area contributed by atoms with Crippen LogP contribution in [0.5, 0.6) is 0 Å². The van der Waals surface area contributed by atoms with Crippen LogP contribution in [0.1, 0.15) is 9.67 Å². The third kappa shape index (κ3) is 4.16. The lowest BCUT2D eigenvalue weighted by Gasteiger charge is -2.27. The summed E-state index contributed by atoms with van der Waals surface area (Å²) < 4.78 is 1.61. The molecule has 0 saturated carbocycles. The number of nitrogens with one attached hydrogen (secondary N) is 4. The molecule has 1 aromatic carbocycles. The van der Waals surface area contributed by atoms with Gasteiger partial charge in [-0.2, -0.15) is 5.10 Å². The molecule has 2 aromatic heterocycles. The Bertz CT molecular complexity index is 1010. The molecule has 1 aliphatic rings. The monoisotopic (exact) mass is 416 g/mol. The van der Waals surface area contributed by atoms with Crippen LogP contribution in [0.3, 0.4) is 0 Å². The molecule has 0 unspecified atom stereocenters. The van der Waals surface area contributed by atoms with E-state index >= 15 is 0 Å². The number of rotatable bonds is 5. The number of thiophene rings is 1. The fourth-order valence-electron chi connectivity index (χ4n) is 2.58. The van der Waals surface area contributed by atoms with Crippen LogP contribution in [-0.4, -0.2) is 40.9 Å². The summed E-state index contributed by atoms with van der Waals surface area (Å²) in [5.74, 6) is -0.0904.